The van der Waals surface area contributed by atoms with E-state index in [-0.39, 0.29) is 11.9 Å². The van der Waals surface area contributed by atoms with Gasteiger partial charge in [-0.05, 0) is 49.1 Å². The molecule has 1 heterocycles. The topological polar surface area (TPSA) is 76.1 Å². The van der Waals surface area contributed by atoms with Gasteiger partial charge in [-0.15, -0.1) is 0 Å². The number of benzene rings is 1. The zero-order valence-corrected chi connectivity index (χ0v) is 14.9. The van der Waals surface area contributed by atoms with Crippen LogP contribution in [0.1, 0.15) is 42.2 Å². The summed E-state index contributed by atoms with van der Waals surface area (Å²) in [6.07, 6.45) is -1.86. The van der Waals surface area contributed by atoms with E-state index in [1.54, 1.807) is 13.0 Å². The van der Waals surface area contributed by atoms with Crippen molar-refractivity contribution in [2.75, 3.05) is 6.61 Å². The Bertz CT molecular complexity index is 860. The summed E-state index contributed by atoms with van der Waals surface area (Å²) in [5.41, 5.74) is 2.02. The third kappa shape index (κ3) is 5.08. The Balaban J connectivity index is 1.59. The van der Waals surface area contributed by atoms with Gasteiger partial charge in [0, 0.05) is 6.20 Å². The second-order valence-electron chi connectivity index (χ2n) is 6.44. The lowest BCUT2D eigenvalue weighted by molar-refractivity contribution is -0.154. The molecule has 6 nitrogen and oxygen atoms in total. The van der Waals surface area contributed by atoms with Crippen molar-refractivity contribution >= 4 is 6.03 Å². The van der Waals surface area contributed by atoms with E-state index in [4.69, 9.17) is 0 Å². The van der Waals surface area contributed by atoms with E-state index in [0.29, 0.717) is 12.1 Å². The number of alkyl halides is 3. The van der Waals surface area contributed by atoms with Gasteiger partial charge < -0.3 is 15.4 Å². The normalized spacial score (nSPS) is 17.0. The number of hydrogen-bond donors (Lipinski definition) is 2. The molecule has 2 atom stereocenters. The molecule has 10 heteroatoms. The van der Waals surface area contributed by atoms with Crippen LogP contribution in [0.5, 0.6) is 6.01 Å². The zero-order chi connectivity index (χ0) is 20.3. The lowest BCUT2D eigenvalue weighted by Crippen LogP contribution is -2.39. The van der Waals surface area contributed by atoms with Crippen molar-refractivity contribution in [2.45, 2.75) is 38.0 Å². The Morgan fingerprint density at radius 1 is 1.36 bits per heavy atom. The van der Waals surface area contributed by atoms with Crippen molar-refractivity contribution in [3.05, 3.63) is 53.1 Å². The number of nitrogens with one attached hydrogen (secondary N) is 2. The molecule has 0 radical (unpaired) electrons. The highest BCUT2D eigenvalue weighted by Gasteiger charge is 2.29. The van der Waals surface area contributed by atoms with Crippen LogP contribution >= 0.6 is 0 Å². The van der Waals surface area contributed by atoms with Crippen LogP contribution in [0, 0.1) is 5.82 Å². The van der Waals surface area contributed by atoms with Crippen LogP contribution in [0.25, 0.3) is 0 Å². The number of urea groups is 1. The number of fused-ring (bicyclic) bond motifs is 1. The first-order chi connectivity index (χ1) is 13.2. The maximum absolute atomic E-state index is 13.5. The second kappa shape index (κ2) is 7.99. The molecule has 0 saturated carbocycles. The number of halogens is 4. The first-order valence-electron chi connectivity index (χ1n) is 8.59. The van der Waals surface area contributed by atoms with Crippen LogP contribution in [-0.4, -0.2) is 28.8 Å². The van der Waals surface area contributed by atoms with Crippen molar-refractivity contribution in [3.63, 3.8) is 0 Å². The minimum Gasteiger partial charge on any atom is -0.454 e. The molecule has 2 N–H and O–H groups in total. The van der Waals surface area contributed by atoms with Gasteiger partial charge in [-0.3, -0.25) is 0 Å². The number of nitrogens with zero attached hydrogens (tertiary/aromatic N) is 2. The standard InChI is InChI=1S/C18H18F4N4O2/c1-10(14-6-7-23-17(26-14)28-9-18(20,21)22)24-16(27)25-15-5-3-11-2-4-12(19)8-13(11)15/h2,4,6-8,10,15H,3,5,9H2,1H3,(H2,24,25,27)/t10-,15+/m0/s1. The molecule has 28 heavy (non-hydrogen) atoms. The summed E-state index contributed by atoms with van der Waals surface area (Å²) >= 11 is 0. The number of ether oxygens (including phenoxy) is 1. The van der Waals surface area contributed by atoms with E-state index in [2.05, 4.69) is 25.3 Å². The van der Waals surface area contributed by atoms with Crippen LogP contribution in [0.4, 0.5) is 22.4 Å². The molecule has 1 aromatic carbocycles. The maximum Gasteiger partial charge on any atom is 0.422 e. The van der Waals surface area contributed by atoms with E-state index in [1.807, 2.05) is 0 Å². The summed E-state index contributed by atoms with van der Waals surface area (Å²) in [7, 11) is 0. The summed E-state index contributed by atoms with van der Waals surface area (Å²) in [6, 6.07) is 4.12. The van der Waals surface area contributed by atoms with Gasteiger partial charge in [0.2, 0.25) is 0 Å². The van der Waals surface area contributed by atoms with Crippen molar-refractivity contribution in [1.29, 1.82) is 0 Å². The zero-order valence-electron chi connectivity index (χ0n) is 14.9. The summed E-state index contributed by atoms with van der Waals surface area (Å²) in [6.45, 7) is 0.119. The molecule has 0 spiro atoms. The fraction of sp³-hybridized carbons (Fsp3) is 0.389. The predicted octanol–water partition coefficient (Wildman–Crippen LogP) is 3.60. The Kier molecular flexibility index (Phi) is 5.66. The minimum atomic E-state index is -4.50. The van der Waals surface area contributed by atoms with E-state index in [1.165, 1.54) is 24.4 Å². The Morgan fingerprint density at radius 2 is 2.14 bits per heavy atom. The largest absolute Gasteiger partial charge is 0.454 e. The second-order valence-corrected chi connectivity index (χ2v) is 6.44. The molecule has 1 aliphatic carbocycles. The van der Waals surface area contributed by atoms with Crippen LogP contribution in [0.3, 0.4) is 0 Å². The van der Waals surface area contributed by atoms with Crippen molar-refractivity contribution in [1.82, 2.24) is 20.6 Å². The van der Waals surface area contributed by atoms with Gasteiger partial charge in [-0.2, -0.15) is 18.2 Å². The molecule has 1 aromatic heterocycles. The minimum absolute atomic E-state index is 0.292. The fourth-order valence-corrected chi connectivity index (χ4v) is 3.00. The summed E-state index contributed by atoms with van der Waals surface area (Å²) in [4.78, 5) is 19.8. The van der Waals surface area contributed by atoms with Gasteiger partial charge in [0.1, 0.15) is 5.82 Å². The van der Waals surface area contributed by atoms with E-state index >= 15 is 0 Å². The van der Waals surface area contributed by atoms with Crippen LogP contribution in [0.2, 0.25) is 0 Å². The molecule has 2 aromatic rings. The Labute approximate surface area is 158 Å². The van der Waals surface area contributed by atoms with E-state index in [0.717, 1.165) is 17.5 Å². The quantitative estimate of drug-likeness (QED) is 0.755. The van der Waals surface area contributed by atoms with Crippen LogP contribution < -0.4 is 15.4 Å². The van der Waals surface area contributed by atoms with Gasteiger partial charge in [0.15, 0.2) is 6.61 Å². The highest BCUT2D eigenvalue weighted by molar-refractivity contribution is 5.75. The Hall–Kier alpha value is -2.91. The van der Waals surface area contributed by atoms with Crippen molar-refractivity contribution in [3.8, 4) is 6.01 Å². The molecule has 0 unspecified atom stereocenters. The molecule has 0 fully saturated rings. The molecule has 0 saturated heterocycles. The van der Waals surface area contributed by atoms with E-state index < -0.39 is 30.9 Å². The number of carbonyl (C=O) groups is 1. The molecule has 150 valence electrons. The molecular weight excluding hydrogens is 380 g/mol. The number of rotatable bonds is 5. The summed E-state index contributed by atoms with van der Waals surface area (Å²) in [5, 5.41) is 5.44. The molecular formula is C18H18F4N4O2. The van der Waals surface area contributed by atoms with Gasteiger partial charge >= 0.3 is 18.2 Å². The van der Waals surface area contributed by atoms with Gasteiger partial charge in [0.25, 0.3) is 0 Å². The number of hydrogen-bond acceptors (Lipinski definition) is 4. The highest BCUT2D eigenvalue weighted by Crippen LogP contribution is 2.31. The first-order valence-corrected chi connectivity index (χ1v) is 8.59. The van der Waals surface area contributed by atoms with Gasteiger partial charge in [-0.1, -0.05) is 6.07 Å². The molecule has 0 bridgehead atoms. The van der Waals surface area contributed by atoms with Gasteiger partial charge in [0.05, 0.1) is 17.8 Å². The fourth-order valence-electron chi connectivity index (χ4n) is 3.00. The van der Waals surface area contributed by atoms with E-state index in [9.17, 15) is 22.4 Å². The third-order valence-electron chi connectivity index (χ3n) is 4.30. The Morgan fingerprint density at radius 3 is 2.89 bits per heavy atom. The van der Waals surface area contributed by atoms with Crippen LogP contribution in [0.15, 0.2) is 30.5 Å². The van der Waals surface area contributed by atoms with Crippen LogP contribution in [-0.2, 0) is 6.42 Å². The predicted molar refractivity (Wildman–Crippen MR) is 91.1 cm³/mol. The van der Waals surface area contributed by atoms with Gasteiger partial charge in [-0.25, -0.2) is 14.2 Å². The first kappa shape index (κ1) is 19.8. The lowest BCUT2D eigenvalue weighted by Gasteiger charge is -2.18. The number of aryl methyl sites for hydroxylation is 1. The third-order valence-corrected chi connectivity index (χ3v) is 4.30. The molecule has 1 aliphatic rings. The monoisotopic (exact) mass is 398 g/mol. The number of carbonyl (C=O) groups excluding carboxylic acids is 1. The average Bonchev–Trinajstić information content (AvgIpc) is 3.01. The number of aromatic nitrogens is 2. The highest BCUT2D eigenvalue weighted by atomic mass is 19.4. The molecule has 2 amide bonds. The van der Waals surface area contributed by atoms with Crippen molar-refractivity contribution < 1.29 is 27.1 Å². The SMILES string of the molecule is C[C@H](NC(=O)N[C@@H]1CCc2ccc(F)cc21)c1ccnc(OCC(F)(F)F)n1. The van der Waals surface area contributed by atoms with Crippen molar-refractivity contribution in [2.24, 2.45) is 0 Å². The summed E-state index contributed by atoms with van der Waals surface area (Å²) in [5.74, 6) is -0.367. The lowest BCUT2D eigenvalue weighted by atomic mass is 10.1. The number of amides is 2. The maximum atomic E-state index is 13.5. The smallest absolute Gasteiger partial charge is 0.422 e. The average molecular weight is 398 g/mol. The molecule has 0 aliphatic heterocycles. The summed E-state index contributed by atoms with van der Waals surface area (Å²) < 4.78 is 54.6. The molecule has 3 rings (SSSR count).